The van der Waals surface area contributed by atoms with Crippen molar-refractivity contribution >= 4 is 11.0 Å². The van der Waals surface area contributed by atoms with Crippen molar-refractivity contribution in [3.63, 3.8) is 0 Å². The predicted molar refractivity (Wildman–Crippen MR) is 97.4 cm³/mol. The molecule has 0 aliphatic rings. The van der Waals surface area contributed by atoms with Crippen LogP contribution in [0.1, 0.15) is 31.4 Å². The zero-order valence-corrected chi connectivity index (χ0v) is 14.2. The van der Waals surface area contributed by atoms with Crippen LogP contribution in [-0.2, 0) is 6.54 Å². The van der Waals surface area contributed by atoms with Gasteiger partial charge in [-0.3, -0.25) is 0 Å². The third-order valence-electron chi connectivity index (χ3n) is 4.34. The second-order valence-electron chi connectivity index (χ2n) is 6.59. The molecule has 0 bridgehead atoms. The molecule has 1 heterocycles. The van der Waals surface area contributed by atoms with Crippen LogP contribution in [0.25, 0.3) is 22.2 Å². The first-order valence-electron chi connectivity index (χ1n) is 8.38. The highest BCUT2D eigenvalue weighted by Crippen LogP contribution is 2.28. The molecular formula is C20H25N3. The lowest BCUT2D eigenvalue weighted by Gasteiger charge is -2.09. The fourth-order valence-corrected chi connectivity index (χ4v) is 2.89. The molecule has 0 spiro atoms. The summed E-state index contributed by atoms with van der Waals surface area (Å²) in [5, 5.41) is 3.51. The second kappa shape index (κ2) is 6.97. The van der Waals surface area contributed by atoms with Gasteiger partial charge in [0.05, 0.1) is 17.4 Å². The summed E-state index contributed by atoms with van der Waals surface area (Å²) in [6.07, 6.45) is 2.98. The summed E-state index contributed by atoms with van der Waals surface area (Å²) in [5.41, 5.74) is 7.21. The maximum atomic E-state index is 4.42. The largest absolute Gasteiger partial charge is 0.345 e. The fraction of sp³-hybridized carbons (Fsp3) is 0.350. The lowest BCUT2D eigenvalue weighted by molar-refractivity contribution is 0.537. The molecule has 3 nitrogen and oxygen atoms in total. The third-order valence-corrected chi connectivity index (χ3v) is 4.34. The number of nitrogens with one attached hydrogen (secondary N) is 2. The van der Waals surface area contributed by atoms with Crippen LogP contribution in [0.4, 0.5) is 0 Å². The Morgan fingerprint density at radius 2 is 1.87 bits per heavy atom. The lowest BCUT2D eigenvalue weighted by atomic mass is 9.98. The van der Waals surface area contributed by atoms with Gasteiger partial charge in [-0.25, -0.2) is 4.98 Å². The monoisotopic (exact) mass is 307 g/mol. The van der Waals surface area contributed by atoms with Crippen LogP contribution in [0.2, 0.25) is 0 Å². The van der Waals surface area contributed by atoms with E-state index in [1.807, 2.05) is 0 Å². The number of fused-ring (bicyclic) bond motifs is 1. The summed E-state index contributed by atoms with van der Waals surface area (Å²) in [7, 11) is 0. The van der Waals surface area contributed by atoms with Crippen LogP contribution >= 0.6 is 0 Å². The Kier molecular flexibility index (Phi) is 4.77. The summed E-state index contributed by atoms with van der Waals surface area (Å²) < 4.78 is 0. The van der Waals surface area contributed by atoms with Gasteiger partial charge in [0.25, 0.3) is 0 Å². The van der Waals surface area contributed by atoms with Crippen LogP contribution in [-0.4, -0.2) is 16.5 Å². The molecule has 3 aromatic rings. The Morgan fingerprint density at radius 3 is 2.61 bits per heavy atom. The topological polar surface area (TPSA) is 40.7 Å². The number of aromatic amines is 1. The Morgan fingerprint density at radius 1 is 1.09 bits per heavy atom. The molecule has 23 heavy (non-hydrogen) atoms. The van der Waals surface area contributed by atoms with E-state index in [2.05, 4.69) is 72.5 Å². The van der Waals surface area contributed by atoms with Gasteiger partial charge in [-0.1, -0.05) is 44.2 Å². The SMILES string of the molecule is Cc1c(-c2ccc(CNCCC(C)C)cc2)ccc2[nH]cnc12. The van der Waals surface area contributed by atoms with Crippen molar-refractivity contribution in [1.29, 1.82) is 0 Å². The summed E-state index contributed by atoms with van der Waals surface area (Å²) in [4.78, 5) is 7.59. The molecule has 0 radical (unpaired) electrons. The first kappa shape index (κ1) is 15.8. The van der Waals surface area contributed by atoms with Gasteiger partial charge in [-0.2, -0.15) is 0 Å². The minimum absolute atomic E-state index is 0.754. The quantitative estimate of drug-likeness (QED) is 0.649. The van der Waals surface area contributed by atoms with Gasteiger partial charge < -0.3 is 10.3 Å². The molecule has 3 heteroatoms. The molecule has 2 aromatic carbocycles. The third kappa shape index (κ3) is 3.62. The normalized spacial score (nSPS) is 11.5. The summed E-state index contributed by atoms with van der Waals surface area (Å²) in [5.74, 6) is 0.754. The molecule has 0 aliphatic heterocycles. The van der Waals surface area contributed by atoms with Crippen LogP contribution in [0, 0.1) is 12.8 Å². The molecule has 0 atom stereocenters. The number of hydrogen-bond acceptors (Lipinski definition) is 2. The molecule has 3 rings (SSSR count). The number of aromatic nitrogens is 2. The maximum Gasteiger partial charge on any atom is 0.0931 e. The van der Waals surface area contributed by atoms with Crippen molar-refractivity contribution < 1.29 is 0 Å². The summed E-state index contributed by atoms with van der Waals surface area (Å²) in [6, 6.07) is 13.1. The Hall–Kier alpha value is -2.13. The molecule has 0 fully saturated rings. The van der Waals surface area contributed by atoms with Crippen molar-refractivity contribution in [3.05, 3.63) is 53.9 Å². The van der Waals surface area contributed by atoms with Crippen molar-refractivity contribution in [1.82, 2.24) is 15.3 Å². The molecule has 120 valence electrons. The second-order valence-corrected chi connectivity index (χ2v) is 6.59. The van der Waals surface area contributed by atoms with E-state index in [1.165, 1.54) is 28.7 Å². The summed E-state index contributed by atoms with van der Waals surface area (Å²) in [6.45, 7) is 8.67. The summed E-state index contributed by atoms with van der Waals surface area (Å²) >= 11 is 0. The van der Waals surface area contributed by atoms with Gasteiger partial charge in [-0.05, 0) is 54.1 Å². The molecule has 0 unspecified atom stereocenters. The minimum Gasteiger partial charge on any atom is -0.345 e. The zero-order chi connectivity index (χ0) is 16.2. The van der Waals surface area contributed by atoms with Gasteiger partial charge in [0, 0.05) is 6.54 Å². The van der Waals surface area contributed by atoms with E-state index in [-0.39, 0.29) is 0 Å². The van der Waals surface area contributed by atoms with E-state index in [1.54, 1.807) is 6.33 Å². The van der Waals surface area contributed by atoms with E-state index in [0.29, 0.717) is 0 Å². The average Bonchev–Trinajstić information content (AvgIpc) is 3.02. The maximum absolute atomic E-state index is 4.42. The molecular weight excluding hydrogens is 282 g/mol. The van der Waals surface area contributed by atoms with E-state index in [4.69, 9.17) is 0 Å². The van der Waals surface area contributed by atoms with Gasteiger partial charge >= 0.3 is 0 Å². The van der Waals surface area contributed by atoms with Gasteiger partial charge in [0.15, 0.2) is 0 Å². The number of aryl methyl sites for hydroxylation is 1. The highest BCUT2D eigenvalue weighted by Gasteiger charge is 2.07. The molecule has 2 N–H and O–H groups in total. The first-order chi connectivity index (χ1) is 11.1. The van der Waals surface area contributed by atoms with E-state index < -0.39 is 0 Å². The van der Waals surface area contributed by atoms with E-state index >= 15 is 0 Å². The van der Waals surface area contributed by atoms with Gasteiger partial charge in [0.1, 0.15) is 0 Å². The average molecular weight is 307 g/mol. The highest BCUT2D eigenvalue weighted by atomic mass is 14.9. The van der Waals surface area contributed by atoms with Crippen molar-refractivity contribution in [2.75, 3.05) is 6.54 Å². The number of nitrogens with zero attached hydrogens (tertiary/aromatic N) is 1. The fourth-order valence-electron chi connectivity index (χ4n) is 2.89. The molecule has 0 amide bonds. The Bertz CT molecular complexity index is 769. The Balaban J connectivity index is 1.72. The standard InChI is InChI=1S/C20H25N3/c1-14(2)10-11-21-12-16-4-6-17(7-5-16)18-8-9-19-20(15(18)3)23-13-22-19/h4-9,13-14,21H,10-12H2,1-3H3,(H,22,23). The predicted octanol–water partition coefficient (Wildman–Crippen LogP) is 4.67. The minimum atomic E-state index is 0.754. The lowest BCUT2D eigenvalue weighted by Crippen LogP contribution is -2.16. The van der Waals surface area contributed by atoms with E-state index in [0.717, 1.165) is 30.0 Å². The van der Waals surface area contributed by atoms with Gasteiger partial charge in [-0.15, -0.1) is 0 Å². The highest BCUT2D eigenvalue weighted by molar-refractivity contribution is 5.86. The first-order valence-corrected chi connectivity index (χ1v) is 8.38. The Labute approximate surface area is 138 Å². The number of benzene rings is 2. The molecule has 1 aromatic heterocycles. The number of hydrogen-bond donors (Lipinski definition) is 2. The van der Waals surface area contributed by atoms with E-state index in [9.17, 15) is 0 Å². The smallest absolute Gasteiger partial charge is 0.0931 e. The van der Waals surface area contributed by atoms with Crippen LogP contribution in [0.5, 0.6) is 0 Å². The molecule has 0 saturated heterocycles. The molecule has 0 aliphatic carbocycles. The van der Waals surface area contributed by atoms with Crippen LogP contribution in [0.3, 0.4) is 0 Å². The number of rotatable bonds is 6. The zero-order valence-electron chi connectivity index (χ0n) is 14.2. The molecule has 0 saturated carbocycles. The van der Waals surface area contributed by atoms with Crippen molar-refractivity contribution in [3.8, 4) is 11.1 Å². The number of imidazole rings is 1. The number of H-pyrrole nitrogens is 1. The van der Waals surface area contributed by atoms with Crippen LogP contribution < -0.4 is 5.32 Å². The van der Waals surface area contributed by atoms with Crippen LogP contribution in [0.15, 0.2) is 42.7 Å². The van der Waals surface area contributed by atoms with Crippen molar-refractivity contribution in [2.24, 2.45) is 5.92 Å². The van der Waals surface area contributed by atoms with Gasteiger partial charge in [0.2, 0.25) is 0 Å². The van der Waals surface area contributed by atoms with Crippen molar-refractivity contribution in [2.45, 2.75) is 33.7 Å².